The van der Waals surface area contributed by atoms with Crippen molar-refractivity contribution in [2.45, 2.75) is 6.92 Å². The van der Waals surface area contributed by atoms with E-state index in [1.165, 1.54) is 33.0 Å². The van der Waals surface area contributed by atoms with E-state index in [1.54, 1.807) is 18.2 Å². The summed E-state index contributed by atoms with van der Waals surface area (Å²) in [4.78, 5) is 0. The summed E-state index contributed by atoms with van der Waals surface area (Å²) in [6.45, 7) is 9.32. The van der Waals surface area contributed by atoms with Crippen LogP contribution in [0.4, 0.5) is 0 Å². The molecule has 4 aromatic rings. The molecule has 0 atom stereocenters. The highest BCUT2D eigenvalue weighted by Crippen LogP contribution is 2.30. The highest BCUT2D eigenvalue weighted by Gasteiger charge is 2.06. The first-order chi connectivity index (χ1) is 14.6. The molecule has 1 nitrogen and oxygen atoms in total. The number of aromatic hydroxyl groups is 1. The fourth-order valence-electron chi connectivity index (χ4n) is 3.17. The number of phenolic OH excluding ortho intramolecular Hbond substituents is 1. The first-order valence-electron chi connectivity index (χ1n) is 9.91. The lowest BCUT2D eigenvalue weighted by atomic mass is 10.0. The Balaban J connectivity index is 0.000000131. The Labute approximate surface area is 179 Å². The molecular formula is C29H26O. The molecule has 0 heterocycles. The minimum Gasteiger partial charge on any atom is -0.508 e. The smallest absolute Gasteiger partial charge is 0.115 e. The summed E-state index contributed by atoms with van der Waals surface area (Å²) in [5.41, 5.74) is 6.19. The molecule has 1 aliphatic carbocycles. The summed E-state index contributed by atoms with van der Waals surface area (Å²) in [7, 11) is 0. The van der Waals surface area contributed by atoms with Crippen LogP contribution in [0.15, 0.2) is 98.1 Å². The van der Waals surface area contributed by atoms with Crippen molar-refractivity contribution in [3.8, 4) is 5.75 Å². The molecule has 0 saturated heterocycles. The van der Waals surface area contributed by atoms with Gasteiger partial charge in [-0.25, -0.2) is 0 Å². The first-order valence-corrected chi connectivity index (χ1v) is 9.91. The lowest BCUT2D eigenvalue weighted by Crippen LogP contribution is -1.76. The van der Waals surface area contributed by atoms with Gasteiger partial charge in [-0.3, -0.25) is 0 Å². The Morgan fingerprint density at radius 3 is 1.57 bits per heavy atom. The summed E-state index contributed by atoms with van der Waals surface area (Å²) in [5.74, 6) is 0.292. The third kappa shape index (κ3) is 5.36. The second-order valence-corrected chi connectivity index (χ2v) is 7.04. The average molecular weight is 391 g/mol. The molecule has 0 aliphatic heterocycles. The number of benzene rings is 4. The minimum atomic E-state index is 0.292. The van der Waals surface area contributed by atoms with E-state index in [2.05, 4.69) is 92.9 Å². The van der Waals surface area contributed by atoms with Gasteiger partial charge in [0.2, 0.25) is 0 Å². The zero-order valence-electron chi connectivity index (χ0n) is 17.3. The van der Waals surface area contributed by atoms with E-state index in [9.17, 15) is 0 Å². The van der Waals surface area contributed by atoms with Crippen LogP contribution in [0.3, 0.4) is 0 Å². The van der Waals surface area contributed by atoms with Crippen molar-refractivity contribution in [2.75, 3.05) is 0 Å². The maximum atomic E-state index is 8.82. The van der Waals surface area contributed by atoms with E-state index >= 15 is 0 Å². The molecule has 0 aromatic heterocycles. The van der Waals surface area contributed by atoms with Gasteiger partial charge in [-0.05, 0) is 52.1 Å². The molecule has 0 fully saturated rings. The molecule has 30 heavy (non-hydrogen) atoms. The minimum absolute atomic E-state index is 0.292. The van der Waals surface area contributed by atoms with Crippen LogP contribution in [-0.2, 0) is 0 Å². The Kier molecular flexibility index (Phi) is 7.02. The first kappa shape index (κ1) is 20.9. The van der Waals surface area contributed by atoms with Gasteiger partial charge in [0, 0.05) is 0 Å². The van der Waals surface area contributed by atoms with Gasteiger partial charge < -0.3 is 5.11 Å². The topological polar surface area (TPSA) is 20.2 Å². The fraction of sp³-hybridized carbons (Fsp3) is 0.0345. The van der Waals surface area contributed by atoms with Crippen molar-refractivity contribution >= 4 is 35.1 Å². The molecule has 0 saturated carbocycles. The van der Waals surface area contributed by atoms with Gasteiger partial charge in [0.1, 0.15) is 5.75 Å². The maximum absolute atomic E-state index is 8.82. The highest BCUT2D eigenvalue weighted by molar-refractivity contribution is 6.04. The van der Waals surface area contributed by atoms with Crippen molar-refractivity contribution < 1.29 is 5.11 Å². The highest BCUT2D eigenvalue weighted by atomic mass is 16.3. The number of rotatable bonds is 2. The van der Waals surface area contributed by atoms with E-state index < -0.39 is 0 Å². The van der Waals surface area contributed by atoms with Gasteiger partial charge in [0.15, 0.2) is 0 Å². The average Bonchev–Trinajstić information content (AvgIpc) is 3.21. The summed E-state index contributed by atoms with van der Waals surface area (Å²) in [6.07, 6.45) is 7.94. The molecular weight excluding hydrogens is 364 g/mol. The van der Waals surface area contributed by atoms with Gasteiger partial charge in [0.25, 0.3) is 0 Å². The normalized spacial score (nSPS) is 10.4. The van der Waals surface area contributed by atoms with Gasteiger partial charge in [0.05, 0.1) is 0 Å². The Morgan fingerprint density at radius 2 is 1.10 bits per heavy atom. The van der Waals surface area contributed by atoms with Crippen LogP contribution >= 0.6 is 0 Å². The van der Waals surface area contributed by atoms with E-state index in [-0.39, 0.29) is 0 Å². The van der Waals surface area contributed by atoms with Crippen LogP contribution in [-0.4, -0.2) is 5.11 Å². The summed E-state index contributed by atoms with van der Waals surface area (Å²) < 4.78 is 0. The quantitative estimate of drug-likeness (QED) is 0.324. The second kappa shape index (κ2) is 10.1. The van der Waals surface area contributed by atoms with Gasteiger partial charge >= 0.3 is 0 Å². The zero-order valence-corrected chi connectivity index (χ0v) is 17.3. The molecule has 0 bridgehead atoms. The standard InChI is InChI=1S/C12H8.C9H10.C8H8O/c1-3-9-4-2-6-11-8-7-10(5-1)12(9)11;1-3-9-6-4-8(2)5-7-9;1-2-7-3-5-8(9)6-4-7/h1-8H;3-7H,1H2,2H3;2-6,9H,1H2. The lowest BCUT2D eigenvalue weighted by molar-refractivity contribution is 0.475. The molecule has 1 aliphatic rings. The van der Waals surface area contributed by atoms with E-state index in [4.69, 9.17) is 5.11 Å². The Morgan fingerprint density at radius 1 is 0.633 bits per heavy atom. The largest absolute Gasteiger partial charge is 0.508 e. The molecule has 1 N–H and O–H groups in total. The molecule has 1 heteroatoms. The zero-order chi connectivity index (χ0) is 21.3. The summed E-state index contributed by atoms with van der Waals surface area (Å²) in [5, 5.41) is 11.6. The third-order valence-electron chi connectivity index (χ3n) is 4.85. The molecule has 0 spiro atoms. The lowest BCUT2D eigenvalue weighted by Gasteiger charge is -1.99. The van der Waals surface area contributed by atoms with Gasteiger partial charge in [-0.15, -0.1) is 0 Å². The van der Waals surface area contributed by atoms with Crippen LogP contribution < -0.4 is 0 Å². The summed E-state index contributed by atoms with van der Waals surface area (Å²) in [6, 6.07) is 28.0. The maximum Gasteiger partial charge on any atom is 0.115 e. The van der Waals surface area contributed by atoms with Crippen molar-refractivity contribution in [1.82, 2.24) is 0 Å². The van der Waals surface area contributed by atoms with Gasteiger partial charge in [-0.1, -0.05) is 116 Å². The monoisotopic (exact) mass is 390 g/mol. The van der Waals surface area contributed by atoms with Crippen LogP contribution in [0.5, 0.6) is 5.75 Å². The number of phenols is 1. The van der Waals surface area contributed by atoms with Crippen molar-refractivity contribution in [3.05, 3.63) is 126 Å². The van der Waals surface area contributed by atoms with Crippen LogP contribution in [0.1, 0.15) is 27.8 Å². The molecule has 5 rings (SSSR count). The van der Waals surface area contributed by atoms with Crippen LogP contribution in [0.25, 0.3) is 35.1 Å². The molecule has 0 unspecified atom stereocenters. The van der Waals surface area contributed by atoms with E-state index in [1.807, 2.05) is 18.2 Å². The van der Waals surface area contributed by atoms with Crippen molar-refractivity contribution in [2.24, 2.45) is 0 Å². The van der Waals surface area contributed by atoms with Crippen molar-refractivity contribution in [3.63, 3.8) is 0 Å². The van der Waals surface area contributed by atoms with E-state index in [0.29, 0.717) is 5.75 Å². The van der Waals surface area contributed by atoms with Crippen LogP contribution in [0, 0.1) is 6.92 Å². The number of hydrogen-bond acceptors (Lipinski definition) is 1. The fourth-order valence-corrected chi connectivity index (χ4v) is 3.17. The molecule has 4 aromatic carbocycles. The molecule has 0 radical (unpaired) electrons. The number of aryl methyl sites for hydroxylation is 1. The molecule has 148 valence electrons. The van der Waals surface area contributed by atoms with Crippen molar-refractivity contribution in [1.29, 1.82) is 0 Å². The Hall–Kier alpha value is -3.84. The second-order valence-electron chi connectivity index (χ2n) is 7.04. The van der Waals surface area contributed by atoms with E-state index in [0.717, 1.165) is 5.56 Å². The summed E-state index contributed by atoms with van der Waals surface area (Å²) >= 11 is 0. The SMILES string of the molecule is C1=Cc2cccc3cccc1c23.C=Cc1ccc(C)cc1.C=Cc1ccc(O)cc1. The Bertz CT molecular complexity index is 1070. The number of hydrogen-bond donors (Lipinski definition) is 1. The van der Waals surface area contributed by atoms with Crippen LogP contribution in [0.2, 0.25) is 0 Å². The van der Waals surface area contributed by atoms with Gasteiger partial charge in [-0.2, -0.15) is 0 Å². The predicted octanol–water partition coefficient (Wildman–Crippen LogP) is 8.00. The predicted molar refractivity (Wildman–Crippen MR) is 132 cm³/mol. The molecule has 0 amide bonds. The third-order valence-corrected chi connectivity index (χ3v) is 4.85.